The molecule has 1 N–H and O–H groups in total. The smallest absolute Gasteiger partial charge is 0.234 e. The van der Waals surface area contributed by atoms with Crippen LogP contribution in [0.3, 0.4) is 0 Å². The number of amides is 1. The van der Waals surface area contributed by atoms with Crippen molar-refractivity contribution < 1.29 is 6.21 Å². The molecule has 2 heteroatoms. The molecule has 1 aromatic rings. The molecule has 14 heavy (non-hydrogen) atoms. The summed E-state index contributed by atoms with van der Waals surface area (Å²) in [4.78, 5) is 11.6. The van der Waals surface area contributed by atoms with Crippen molar-refractivity contribution in [2.45, 2.75) is 33.1 Å². The average molecular weight is 192 g/mol. The van der Waals surface area contributed by atoms with Gasteiger partial charge in [-0.05, 0) is 25.5 Å². The van der Waals surface area contributed by atoms with Crippen LogP contribution in [0.1, 0.15) is 33.3 Å². The summed E-state index contributed by atoms with van der Waals surface area (Å²) < 4.78 is 7.56. The van der Waals surface area contributed by atoms with Gasteiger partial charge in [0.05, 0.1) is 5.41 Å². The maximum Gasteiger partial charge on any atom is 0.234 e. The highest BCUT2D eigenvalue weighted by molar-refractivity contribution is 6.05. The van der Waals surface area contributed by atoms with Crippen molar-refractivity contribution in [1.29, 1.82) is 0 Å². The Bertz CT molecular complexity index is 374. The normalized spacial score (nSPS) is 18.1. The number of hydrogen-bond donors (Lipinski definition) is 1. The van der Waals surface area contributed by atoms with Gasteiger partial charge in [0, 0.05) is 5.69 Å². The Morgan fingerprint density at radius 3 is 2.43 bits per heavy atom. The summed E-state index contributed by atoms with van der Waals surface area (Å²) in [6, 6.07) is 7.44. The summed E-state index contributed by atoms with van der Waals surface area (Å²) in [5, 5.41) is 0.981. The van der Waals surface area contributed by atoms with Crippen molar-refractivity contribution in [2.24, 2.45) is 0 Å². The fourth-order valence-electron chi connectivity index (χ4n) is 1.46. The minimum atomic E-state index is -0.543. The molecule has 0 aromatic heterocycles. The van der Waals surface area contributed by atoms with Gasteiger partial charge in [0.2, 0.25) is 5.91 Å². The van der Waals surface area contributed by atoms with E-state index in [1.807, 2.05) is 45.9 Å². The third-order valence-corrected chi connectivity index (χ3v) is 2.33. The number of carbonyl (C=O) groups excluding carboxylic acids is 1. The van der Waals surface area contributed by atoms with Crippen molar-refractivity contribution in [3.8, 4) is 0 Å². The SMILES string of the molecule is CC.[2H]N1C(=O)C(C)(C)c2ccccc21. The highest BCUT2D eigenvalue weighted by Gasteiger charge is 2.37. The van der Waals surface area contributed by atoms with Gasteiger partial charge in [-0.25, -0.2) is 0 Å². The van der Waals surface area contributed by atoms with E-state index in [0.29, 0.717) is 5.69 Å². The Labute approximate surface area is 86.8 Å². The standard InChI is InChI=1S/C10H11NO.C2H6/c1-10(2)7-5-3-4-6-8(7)11-9(10)12;1-2/h3-6H,1-2H3,(H,11,12);1-2H3/i/hD. The highest BCUT2D eigenvalue weighted by Crippen LogP contribution is 2.36. The quantitative estimate of drug-likeness (QED) is 0.672. The zero-order valence-electron chi connectivity index (χ0n) is 10.2. The minimum Gasteiger partial charge on any atom is -0.325 e. The van der Waals surface area contributed by atoms with Crippen LogP contribution in [0.2, 0.25) is 1.41 Å². The first kappa shape index (κ1) is 9.25. The van der Waals surface area contributed by atoms with E-state index >= 15 is 0 Å². The largest absolute Gasteiger partial charge is 0.325 e. The first-order valence-corrected chi connectivity index (χ1v) is 4.98. The molecule has 1 aliphatic heterocycles. The zero-order chi connectivity index (χ0) is 11.6. The minimum absolute atomic E-state index is 0.159. The average Bonchev–Trinajstić information content (AvgIpc) is 2.45. The van der Waals surface area contributed by atoms with Crippen LogP contribution >= 0.6 is 0 Å². The first-order chi connectivity index (χ1) is 7.05. The summed E-state index contributed by atoms with van der Waals surface area (Å²) in [5.74, 6) is -0.159. The number of carbonyl (C=O) groups is 1. The van der Waals surface area contributed by atoms with Gasteiger partial charge >= 0.3 is 0 Å². The molecule has 2 rings (SSSR count). The van der Waals surface area contributed by atoms with E-state index in [0.717, 1.165) is 10.9 Å². The molecule has 0 bridgehead atoms. The maximum absolute atomic E-state index is 11.6. The lowest BCUT2D eigenvalue weighted by molar-refractivity contribution is -0.119. The predicted molar refractivity (Wildman–Crippen MR) is 59.4 cm³/mol. The molecular formula is C12H17NO. The van der Waals surface area contributed by atoms with E-state index in [1.54, 1.807) is 6.07 Å². The predicted octanol–water partition coefficient (Wildman–Crippen LogP) is 2.94. The second-order valence-electron chi connectivity index (χ2n) is 3.56. The number of hydrogen-bond acceptors (Lipinski definition) is 1. The van der Waals surface area contributed by atoms with Gasteiger partial charge in [-0.1, -0.05) is 32.0 Å². The molecule has 1 aromatic carbocycles. The number of anilines is 1. The van der Waals surface area contributed by atoms with Crippen molar-refractivity contribution in [2.75, 3.05) is 5.31 Å². The number of fused-ring (bicyclic) bond motifs is 1. The summed E-state index contributed by atoms with van der Waals surface area (Å²) >= 11 is 0. The van der Waals surface area contributed by atoms with Crippen LogP contribution < -0.4 is 5.31 Å². The summed E-state index contributed by atoms with van der Waals surface area (Å²) in [5.41, 5.74) is 1.10. The van der Waals surface area contributed by atoms with E-state index in [9.17, 15) is 4.79 Å². The lowest BCUT2D eigenvalue weighted by atomic mass is 9.86. The van der Waals surface area contributed by atoms with Gasteiger partial charge in [0.1, 0.15) is 0 Å². The zero-order valence-corrected chi connectivity index (χ0v) is 9.16. The molecule has 0 spiro atoms. The summed E-state index contributed by atoms with van der Waals surface area (Å²) in [7, 11) is 0. The Balaban J connectivity index is 0.000000531. The van der Waals surface area contributed by atoms with Crippen LogP contribution in [-0.2, 0) is 10.2 Å². The third kappa shape index (κ3) is 1.52. The Morgan fingerprint density at radius 1 is 1.29 bits per heavy atom. The van der Waals surface area contributed by atoms with E-state index in [4.69, 9.17) is 1.41 Å². The van der Waals surface area contributed by atoms with Gasteiger partial charge in [-0.15, -0.1) is 0 Å². The van der Waals surface area contributed by atoms with Crippen LogP contribution in [0.15, 0.2) is 24.3 Å². The summed E-state index contributed by atoms with van der Waals surface area (Å²) in [6.45, 7) is 7.70. The molecule has 0 saturated carbocycles. The van der Waals surface area contributed by atoms with Crippen LogP contribution in [-0.4, -0.2) is 5.91 Å². The van der Waals surface area contributed by atoms with Gasteiger partial charge < -0.3 is 5.31 Å². The number of para-hydroxylation sites is 1. The van der Waals surface area contributed by atoms with Crippen molar-refractivity contribution in [1.82, 2.24) is 0 Å². The van der Waals surface area contributed by atoms with Gasteiger partial charge in [0.25, 0.3) is 0 Å². The number of nitrogens with one attached hydrogen (secondary N) is 1. The topological polar surface area (TPSA) is 29.1 Å². The first-order valence-electron chi connectivity index (χ1n) is 5.43. The van der Waals surface area contributed by atoms with Crippen LogP contribution in [0.4, 0.5) is 5.69 Å². The molecule has 1 amide bonds. The molecule has 0 radical (unpaired) electrons. The number of rotatable bonds is 0. The lowest BCUT2D eigenvalue weighted by Gasteiger charge is -2.14. The molecule has 0 unspecified atom stereocenters. The Hall–Kier alpha value is -1.31. The molecule has 0 aliphatic carbocycles. The lowest BCUT2D eigenvalue weighted by Crippen LogP contribution is -2.26. The maximum atomic E-state index is 11.6. The van der Waals surface area contributed by atoms with Crippen LogP contribution in [0.25, 0.3) is 0 Å². The van der Waals surface area contributed by atoms with Crippen LogP contribution in [0.5, 0.6) is 0 Å². The molecule has 76 valence electrons. The van der Waals surface area contributed by atoms with Gasteiger partial charge in [0.15, 0.2) is 1.41 Å². The monoisotopic (exact) mass is 192 g/mol. The summed E-state index contributed by atoms with van der Waals surface area (Å²) in [6.07, 6.45) is 0. The molecule has 1 heterocycles. The second kappa shape index (κ2) is 3.82. The van der Waals surface area contributed by atoms with Gasteiger partial charge in [-0.2, -0.15) is 0 Å². The van der Waals surface area contributed by atoms with E-state index in [-0.39, 0.29) is 5.91 Å². The van der Waals surface area contributed by atoms with Gasteiger partial charge in [-0.3, -0.25) is 4.79 Å². The molecule has 2 nitrogen and oxygen atoms in total. The van der Waals surface area contributed by atoms with Crippen molar-refractivity contribution >= 4 is 11.6 Å². The van der Waals surface area contributed by atoms with E-state index in [2.05, 4.69) is 0 Å². The fraction of sp³-hybridized carbons (Fsp3) is 0.417. The van der Waals surface area contributed by atoms with E-state index < -0.39 is 5.41 Å². The second-order valence-corrected chi connectivity index (χ2v) is 3.56. The van der Waals surface area contributed by atoms with E-state index in [1.165, 1.54) is 0 Å². The highest BCUT2D eigenvalue weighted by atomic mass is 16.2. The molecular weight excluding hydrogens is 174 g/mol. The number of benzene rings is 1. The molecule has 1 aliphatic rings. The molecule has 0 atom stereocenters. The van der Waals surface area contributed by atoms with Crippen molar-refractivity contribution in [3.05, 3.63) is 29.8 Å². The van der Waals surface area contributed by atoms with Crippen molar-refractivity contribution in [3.63, 3.8) is 0 Å². The Morgan fingerprint density at radius 2 is 1.86 bits per heavy atom. The molecule has 0 saturated heterocycles. The van der Waals surface area contributed by atoms with Crippen LogP contribution in [0, 0.1) is 0 Å². The Kier molecular flexibility index (Phi) is 2.53. The fourth-order valence-corrected chi connectivity index (χ4v) is 1.46. The molecule has 0 fully saturated rings. The third-order valence-electron chi connectivity index (χ3n) is 2.33.